The van der Waals surface area contributed by atoms with E-state index in [2.05, 4.69) is 14.8 Å². The fourth-order valence-electron chi connectivity index (χ4n) is 4.46. The highest BCUT2D eigenvalue weighted by atomic mass is 127. The van der Waals surface area contributed by atoms with Crippen LogP contribution in [0.3, 0.4) is 0 Å². The van der Waals surface area contributed by atoms with Gasteiger partial charge in [0.1, 0.15) is 11.4 Å². The van der Waals surface area contributed by atoms with Crippen molar-refractivity contribution >= 4 is 49.9 Å². The van der Waals surface area contributed by atoms with Gasteiger partial charge >= 0.3 is 0 Å². The van der Waals surface area contributed by atoms with E-state index in [9.17, 15) is 17.2 Å². The number of halogens is 5. The molecule has 2 aromatic heterocycles. The second-order valence-electron chi connectivity index (χ2n) is 8.66. The van der Waals surface area contributed by atoms with Crippen molar-refractivity contribution in [3.8, 4) is 28.1 Å². The van der Waals surface area contributed by atoms with Crippen LogP contribution in [0, 0.1) is 21.0 Å². The molecule has 0 aliphatic heterocycles. The molecule has 0 bridgehead atoms. The zero-order valence-electron chi connectivity index (χ0n) is 19.1. The first kappa shape index (κ1) is 26.0. The van der Waals surface area contributed by atoms with Crippen LogP contribution in [0.5, 0.6) is 0 Å². The molecule has 1 aliphatic carbocycles. The molecule has 1 fully saturated rings. The van der Waals surface area contributed by atoms with Crippen molar-refractivity contribution in [1.29, 1.82) is 0 Å². The van der Waals surface area contributed by atoms with E-state index in [-0.39, 0.29) is 27.5 Å². The Labute approximate surface area is 230 Å². The van der Waals surface area contributed by atoms with Crippen LogP contribution in [0.2, 0.25) is 5.02 Å². The molecule has 37 heavy (non-hydrogen) atoms. The van der Waals surface area contributed by atoms with E-state index >= 15 is 4.39 Å². The van der Waals surface area contributed by atoms with Crippen molar-refractivity contribution in [2.75, 3.05) is 4.72 Å². The van der Waals surface area contributed by atoms with Gasteiger partial charge in [-0.1, -0.05) is 24.4 Å². The van der Waals surface area contributed by atoms with Gasteiger partial charge in [-0.05, 0) is 71.8 Å². The number of nitrogens with one attached hydrogen (secondary N) is 1. The number of nitrogens with zero attached hydrogens (tertiary/aromatic N) is 3. The third-order valence-electron chi connectivity index (χ3n) is 6.20. The van der Waals surface area contributed by atoms with Crippen molar-refractivity contribution in [2.45, 2.75) is 30.9 Å². The molecule has 0 atom stereocenters. The van der Waals surface area contributed by atoms with E-state index in [1.54, 1.807) is 34.7 Å². The van der Waals surface area contributed by atoms with Crippen LogP contribution >= 0.6 is 34.2 Å². The molecule has 2 heterocycles. The second kappa shape index (κ2) is 10.3. The molecule has 2 aromatic carbocycles. The Morgan fingerprint density at radius 1 is 1.00 bits per heavy atom. The Morgan fingerprint density at radius 2 is 1.65 bits per heavy atom. The van der Waals surface area contributed by atoms with E-state index < -0.39 is 38.4 Å². The lowest BCUT2D eigenvalue weighted by Crippen LogP contribution is -2.25. The first-order valence-electron chi connectivity index (χ1n) is 11.3. The van der Waals surface area contributed by atoms with Gasteiger partial charge in [0.2, 0.25) is 10.0 Å². The maximum absolute atomic E-state index is 15.9. The summed E-state index contributed by atoms with van der Waals surface area (Å²) in [7, 11) is -3.84. The van der Waals surface area contributed by atoms with Crippen LogP contribution < -0.4 is 4.72 Å². The molecule has 192 valence electrons. The van der Waals surface area contributed by atoms with Gasteiger partial charge in [-0.2, -0.15) is 5.10 Å². The van der Waals surface area contributed by atoms with E-state index in [1.165, 1.54) is 30.7 Å². The number of hydrogen-bond acceptors (Lipinski definition) is 4. The molecule has 0 unspecified atom stereocenters. The van der Waals surface area contributed by atoms with Crippen LogP contribution in [-0.2, 0) is 10.0 Å². The summed E-state index contributed by atoms with van der Waals surface area (Å²) in [5.74, 6) is -2.59. The molecule has 12 heteroatoms. The molecule has 1 N–H and O–H groups in total. The van der Waals surface area contributed by atoms with Crippen LogP contribution in [0.1, 0.15) is 25.7 Å². The number of pyridine rings is 1. The maximum Gasteiger partial charge on any atom is 0.235 e. The van der Waals surface area contributed by atoms with Crippen LogP contribution in [-0.4, -0.2) is 28.4 Å². The molecule has 5 rings (SSSR count). The second-order valence-corrected chi connectivity index (χ2v) is 12.3. The summed E-state index contributed by atoms with van der Waals surface area (Å²) < 4.78 is 74.9. The number of benzene rings is 2. The smallest absolute Gasteiger partial charge is 0.235 e. The van der Waals surface area contributed by atoms with Crippen molar-refractivity contribution in [3.63, 3.8) is 0 Å². The zero-order chi connectivity index (χ0) is 26.3. The highest BCUT2D eigenvalue weighted by Gasteiger charge is 2.30. The van der Waals surface area contributed by atoms with Gasteiger partial charge in [0.05, 0.1) is 10.9 Å². The summed E-state index contributed by atoms with van der Waals surface area (Å²) in [6.07, 6.45) is 6.85. The Balaban J connectivity index is 1.68. The van der Waals surface area contributed by atoms with Gasteiger partial charge in [-0.3, -0.25) is 9.71 Å². The van der Waals surface area contributed by atoms with E-state index in [4.69, 9.17) is 11.6 Å². The van der Waals surface area contributed by atoms with Crippen molar-refractivity contribution in [3.05, 3.63) is 81.0 Å². The Morgan fingerprint density at radius 3 is 2.30 bits per heavy atom. The predicted molar refractivity (Wildman–Crippen MR) is 145 cm³/mol. The number of anilines is 1. The summed E-state index contributed by atoms with van der Waals surface area (Å²) in [6, 6.07) is 8.05. The summed E-state index contributed by atoms with van der Waals surface area (Å²) in [5.41, 5.74) is 0.0277. The van der Waals surface area contributed by atoms with Crippen LogP contribution in [0.4, 0.5) is 18.9 Å². The highest BCUT2D eigenvalue weighted by Crippen LogP contribution is 2.39. The highest BCUT2D eigenvalue weighted by molar-refractivity contribution is 14.1. The summed E-state index contributed by atoms with van der Waals surface area (Å²) >= 11 is 8.09. The topological polar surface area (TPSA) is 76.9 Å². The fraction of sp³-hybridized carbons (Fsp3) is 0.200. The average molecular weight is 659 g/mol. The molecule has 0 radical (unpaired) electrons. The minimum Gasteiger partial charge on any atom is -0.280 e. The summed E-state index contributed by atoms with van der Waals surface area (Å²) in [4.78, 5) is 3.97. The summed E-state index contributed by atoms with van der Waals surface area (Å²) in [6.45, 7) is 0. The lowest BCUT2D eigenvalue weighted by molar-refractivity contribution is 0.559. The molecule has 4 aromatic rings. The molecule has 1 aliphatic rings. The predicted octanol–water partition coefficient (Wildman–Crippen LogP) is 6.96. The molecule has 1 saturated carbocycles. The normalized spacial score (nSPS) is 14.3. The molecule has 6 nitrogen and oxygen atoms in total. The van der Waals surface area contributed by atoms with Gasteiger partial charge in [0.15, 0.2) is 17.5 Å². The van der Waals surface area contributed by atoms with Gasteiger partial charge in [-0.15, -0.1) is 0 Å². The number of sulfonamides is 1. The Kier molecular flexibility index (Phi) is 7.20. The third kappa shape index (κ3) is 5.21. The number of rotatable bonds is 6. The van der Waals surface area contributed by atoms with E-state index in [1.807, 2.05) is 0 Å². The lowest BCUT2D eigenvalue weighted by Gasteiger charge is -2.16. The lowest BCUT2D eigenvalue weighted by atomic mass is 10.0. The van der Waals surface area contributed by atoms with E-state index in [0.717, 1.165) is 29.7 Å². The molecule has 0 spiro atoms. The fourth-order valence-corrected chi connectivity index (χ4v) is 6.80. The van der Waals surface area contributed by atoms with Crippen molar-refractivity contribution < 1.29 is 21.6 Å². The van der Waals surface area contributed by atoms with Crippen molar-refractivity contribution in [1.82, 2.24) is 14.8 Å². The molecule has 0 saturated heterocycles. The van der Waals surface area contributed by atoms with E-state index in [0.29, 0.717) is 22.0 Å². The maximum atomic E-state index is 15.9. The number of aromatic nitrogens is 3. The minimum absolute atomic E-state index is 0.0700. The zero-order valence-corrected chi connectivity index (χ0v) is 22.8. The number of hydrogen-bond donors (Lipinski definition) is 1. The largest absolute Gasteiger partial charge is 0.280 e. The SMILES string of the molecule is O=S(=O)(Nc1cc(Cl)cc(-c2cn(-c3c(F)cc(I)cc3F)nc2-c2ccncc2)c1F)C1CCCC1. The standard InChI is InChI=1S/C25H19ClF3IN4O2S/c26-15-9-18(23(29)22(10-15)33-37(35,36)17-3-1-2-4-17)19-13-34(25-20(27)11-16(30)12-21(25)28)32-24(19)14-5-7-31-8-6-14/h5-13,17,33H,1-4H2. The quantitative estimate of drug-likeness (QED) is 0.227. The van der Waals surface area contributed by atoms with Gasteiger partial charge < -0.3 is 0 Å². The van der Waals surface area contributed by atoms with Gasteiger partial charge in [0, 0.05) is 43.9 Å². The first-order chi connectivity index (χ1) is 17.6. The molecular formula is C25H19ClF3IN4O2S. The van der Waals surface area contributed by atoms with Gasteiger partial charge in [-0.25, -0.2) is 26.3 Å². The average Bonchev–Trinajstić information content (AvgIpc) is 3.52. The Bertz CT molecular complexity index is 1570. The monoisotopic (exact) mass is 658 g/mol. The molecular weight excluding hydrogens is 640 g/mol. The van der Waals surface area contributed by atoms with Crippen LogP contribution in [0.15, 0.2) is 55.0 Å². The van der Waals surface area contributed by atoms with Crippen LogP contribution in [0.25, 0.3) is 28.1 Å². The summed E-state index contributed by atoms with van der Waals surface area (Å²) in [5, 5.41) is 3.83. The molecule has 0 amide bonds. The minimum atomic E-state index is -3.84. The third-order valence-corrected chi connectivity index (χ3v) is 8.89. The van der Waals surface area contributed by atoms with Crippen molar-refractivity contribution in [2.24, 2.45) is 0 Å². The first-order valence-corrected chi connectivity index (χ1v) is 14.3. The van der Waals surface area contributed by atoms with Gasteiger partial charge in [0.25, 0.3) is 0 Å². The Hall–Kier alpha value is -2.64.